The molecule has 0 aliphatic rings. The van der Waals surface area contributed by atoms with Gasteiger partial charge in [-0.05, 0) is 41.8 Å². The Bertz CT molecular complexity index is 1370. The monoisotopic (exact) mass is 518 g/mol. The van der Waals surface area contributed by atoms with Gasteiger partial charge in [0.15, 0.2) is 0 Å². The van der Waals surface area contributed by atoms with E-state index in [2.05, 4.69) is 15.3 Å². The molecule has 0 radical (unpaired) electrons. The number of thiazole rings is 1. The number of hydrogen-bond acceptors (Lipinski definition) is 7. The van der Waals surface area contributed by atoms with Crippen molar-refractivity contribution in [2.45, 2.75) is 19.4 Å². The fourth-order valence-electron chi connectivity index (χ4n) is 3.91. The van der Waals surface area contributed by atoms with Crippen molar-refractivity contribution in [2.24, 2.45) is 0 Å². The molecule has 0 unspecified atom stereocenters. The van der Waals surface area contributed by atoms with E-state index in [0.717, 1.165) is 33.6 Å². The van der Waals surface area contributed by atoms with Gasteiger partial charge in [-0.25, -0.2) is 0 Å². The van der Waals surface area contributed by atoms with Crippen LogP contribution in [0.25, 0.3) is 10.2 Å². The number of aromatic hydroxyl groups is 1. The van der Waals surface area contributed by atoms with Crippen molar-refractivity contribution in [2.75, 3.05) is 26.2 Å². The minimum Gasteiger partial charge on any atom is -0.506 e. The van der Waals surface area contributed by atoms with Crippen molar-refractivity contribution in [3.05, 3.63) is 106 Å². The first-order valence-electron chi connectivity index (χ1n) is 12.1. The number of phenolic OH excluding ortho intramolecular Hbond substituents is 1. The van der Waals surface area contributed by atoms with Crippen LogP contribution in [0.2, 0.25) is 0 Å². The molecule has 0 saturated heterocycles. The zero-order chi connectivity index (χ0) is 25.9. The highest BCUT2D eigenvalue weighted by Crippen LogP contribution is 2.27. The zero-order valence-corrected chi connectivity index (χ0v) is 21.2. The Hall–Kier alpha value is -3.95. The summed E-state index contributed by atoms with van der Waals surface area (Å²) in [5, 5.41) is 13.3. The number of aromatic amines is 1. The number of phenols is 1. The first-order valence-corrected chi connectivity index (χ1v) is 13.0. The van der Waals surface area contributed by atoms with Crippen molar-refractivity contribution >= 4 is 27.5 Å². The number of H-pyrrole nitrogens is 1. The van der Waals surface area contributed by atoms with Crippen molar-refractivity contribution in [1.29, 1.82) is 0 Å². The lowest BCUT2D eigenvalue weighted by Gasteiger charge is -2.21. The summed E-state index contributed by atoms with van der Waals surface area (Å²) in [5.41, 5.74) is 3.61. The Morgan fingerprint density at radius 3 is 2.73 bits per heavy atom. The summed E-state index contributed by atoms with van der Waals surface area (Å²) in [5.74, 6) is -0.0607. The Labute approximate surface area is 219 Å². The SMILES string of the molecule is O=C(/C=C/OCCc1ccccc1)N(CCNCCc1ccc(O)c2[nH]c(=O)sc12)Cc1cccnc1. The summed E-state index contributed by atoms with van der Waals surface area (Å²) in [6.45, 7) is 2.71. The average molecular weight is 519 g/mol. The number of nitrogens with one attached hydrogen (secondary N) is 2. The van der Waals surface area contributed by atoms with E-state index in [1.54, 1.807) is 23.4 Å². The second-order valence-corrected chi connectivity index (χ2v) is 9.48. The number of benzene rings is 2. The maximum Gasteiger partial charge on any atom is 0.305 e. The van der Waals surface area contributed by atoms with Gasteiger partial charge in [0.2, 0.25) is 5.91 Å². The molecule has 37 heavy (non-hydrogen) atoms. The maximum atomic E-state index is 12.9. The molecule has 2 heterocycles. The first kappa shape index (κ1) is 26.1. The third-order valence-electron chi connectivity index (χ3n) is 5.83. The third-order valence-corrected chi connectivity index (χ3v) is 6.79. The summed E-state index contributed by atoms with van der Waals surface area (Å²) in [6, 6.07) is 17.3. The van der Waals surface area contributed by atoms with Crippen LogP contribution < -0.4 is 10.2 Å². The predicted octanol–water partition coefficient (Wildman–Crippen LogP) is 3.62. The molecule has 3 N–H and O–H groups in total. The molecule has 0 atom stereocenters. The van der Waals surface area contributed by atoms with Crippen LogP contribution in [0, 0.1) is 0 Å². The van der Waals surface area contributed by atoms with E-state index in [1.807, 2.05) is 48.5 Å². The molecule has 0 spiro atoms. The zero-order valence-electron chi connectivity index (χ0n) is 20.4. The van der Waals surface area contributed by atoms with E-state index in [-0.39, 0.29) is 16.5 Å². The molecule has 1 amide bonds. The normalized spacial score (nSPS) is 11.2. The van der Waals surface area contributed by atoms with Crippen molar-refractivity contribution in [3.8, 4) is 5.75 Å². The Balaban J connectivity index is 1.27. The molecule has 192 valence electrons. The van der Waals surface area contributed by atoms with Gasteiger partial charge in [0.25, 0.3) is 0 Å². The van der Waals surface area contributed by atoms with Crippen molar-refractivity contribution in [1.82, 2.24) is 20.2 Å². The largest absolute Gasteiger partial charge is 0.506 e. The van der Waals surface area contributed by atoms with Crippen LogP contribution in [0.15, 0.2) is 84.1 Å². The van der Waals surface area contributed by atoms with E-state index in [0.29, 0.717) is 44.7 Å². The quantitative estimate of drug-likeness (QED) is 0.142. The van der Waals surface area contributed by atoms with Crippen LogP contribution in [0.3, 0.4) is 0 Å². The van der Waals surface area contributed by atoms with Crippen LogP contribution in [-0.4, -0.2) is 52.1 Å². The number of fused-ring (bicyclic) bond motifs is 1. The molecule has 0 saturated carbocycles. The smallest absolute Gasteiger partial charge is 0.305 e. The minimum absolute atomic E-state index is 0.0757. The highest BCUT2D eigenvalue weighted by Gasteiger charge is 2.12. The number of amides is 1. The summed E-state index contributed by atoms with van der Waals surface area (Å²) < 4.78 is 6.32. The topological polar surface area (TPSA) is 108 Å². The number of carbonyl (C=O) groups is 1. The lowest BCUT2D eigenvalue weighted by atomic mass is 10.1. The van der Waals surface area contributed by atoms with Crippen LogP contribution in [0.4, 0.5) is 0 Å². The third kappa shape index (κ3) is 7.77. The number of aromatic nitrogens is 2. The van der Waals surface area contributed by atoms with Gasteiger partial charge in [-0.1, -0.05) is 53.8 Å². The van der Waals surface area contributed by atoms with Gasteiger partial charge < -0.3 is 25.0 Å². The van der Waals surface area contributed by atoms with Gasteiger partial charge in [-0.15, -0.1) is 0 Å². The number of carbonyl (C=O) groups excluding carboxylic acids is 1. The highest BCUT2D eigenvalue weighted by molar-refractivity contribution is 7.16. The van der Waals surface area contributed by atoms with Gasteiger partial charge >= 0.3 is 4.87 Å². The highest BCUT2D eigenvalue weighted by atomic mass is 32.1. The standard InChI is InChI=1S/C28H30N4O4S/c33-24-9-8-23(27-26(24)31-28(35)37-27)10-14-29-15-16-32(20-22-7-4-13-30-19-22)25(34)12-18-36-17-11-21-5-2-1-3-6-21/h1-9,12-13,18-19,29,33H,10-11,14-17,20H2,(H,31,35)/b18-12+. The predicted molar refractivity (Wildman–Crippen MR) is 146 cm³/mol. The van der Waals surface area contributed by atoms with Gasteiger partial charge in [0, 0.05) is 44.5 Å². The van der Waals surface area contributed by atoms with Crippen LogP contribution in [-0.2, 0) is 28.9 Å². The van der Waals surface area contributed by atoms with Crippen LogP contribution in [0.1, 0.15) is 16.7 Å². The molecule has 0 bridgehead atoms. The fourth-order valence-corrected chi connectivity index (χ4v) is 4.81. The molecule has 4 rings (SSSR count). The molecule has 9 heteroatoms. The van der Waals surface area contributed by atoms with Crippen LogP contribution >= 0.6 is 11.3 Å². The Morgan fingerprint density at radius 2 is 1.92 bits per heavy atom. The van der Waals surface area contributed by atoms with Crippen molar-refractivity contribution in [3.63, 3.8) is 0 Å². The van der Waals surface area contributed by atoms with E-state index < -0.39 is 0 Å². The van der Waals surface area contributed by atoms with E-state index in [4.69, 9.17) is 4.74 Å². The van der Waals surface area contributed by atoms with E-state index in [1.165, 1.54) is 17.9 Å². The number of rotatable bonds is 13. The lowest BCUT2D eigenvalue weighted by Crippen LogP contribution is -2.36. The Kier molecular flexibility index (Phi) is 9.45. The van der Waals surface area contributed by atoms with Gasteiger partial charge in [0.1, 0.15) is 11.3 Å². The molecule has 8 nitrogen and oxygen atoms in total. The molecule has 2 aromatic carbocycles. The van der Waals surface area contributed by atoms with Crippen molar-refractivity contribution < 1.29 is 14.6 Å². The van der Waals surface area contributed by atoms with Gasteiger partial charge in [0.05, 0.1) is 17.6 Å². The molecule has 4 aromatic rings. The van der Waals surface area contributed by atoms with Crippen LogP contribution in [0.5, 0.6) is 5.75 Å². The average Bonchev–Trinajstić information content (AvgIpc) is 3.32. The number of ether oxygens (including phenoxy) is 1. The Morgan fingerprint density at radius 1 is 1.08 bits per heavy atom. The summed E-state index contributed by atoms with van der Waals surface area (Å²) >= 11 is 1.10. The molecule has 0 aliphatic heterocycles. The number of hydrogen-bond donors (Lipinski definition) is 3. The molecular weight excluding hydrogens is 488 g/mol. The molecular formula is C28H30N4O4S. The number of nitrogens with zero attached hydrogens (tertiary/aromatic N) is 2. The van der Waals surface area contributed by atoms with E-state index >= 15 is 0 Å². The minimum atomic E-state index is -0.188. The molecule has 0 fully saturated rings. The maximum absolute atomic E-state index is 12.9. The number of pyridine rings is 1. The second-order valence-electron chi connectivity index (χ2n) is 8.49. The summed E-state index contributed by atoms with van der Waals surface area (Å²) in [6.07, 6.45) is 7.85. The van der Waals surface area contributed by atoms with Gasteiger partial charge in [-0.2, -0.15) is 0 Å². The molecule has 2 aromatic heterocycles. The fraction of sp³-hybridized carbons (Fsp3) is 0.250. The van der Waals surface area contributed by atoms with Gasteiger partial charge in [-0.3, -0.25) is 14.6 Å². The summed E-state index contributed by atoms with van der Waals surface area (Å²) in [4.78, 5) is 33.0. The second kappa shape index (κ2) is 13.4. The summed E-state index contributed by atoms with van der Waals surface area (Å²) in [7, 11) is 0. The lowest BCUT2D eigenvalue weighted by molar-refractivity contribution is -0.126. The van der Waals surface area contributed by atoms with E-state index in [9.17, 15) is 14.7 Å². The first-order chi connectivity index (χ1) is 18.1. The molecule has 0 aliphatic carbocycles.